The Labute approximate surface area is 178 Å². The quantitative estimate of drug-likeness (QED) is 0.629. The van der Waals surface area contributed by atoms with Crippen molar-refractivity contribution in [1.29, 1.82) is 0 Å². The summed E-state index contributed by atoms with van der Waals surface area (Å²) >= 11 is 0. The van der Waals surface area contributed by atoms with E-state index in [9.17, 15) is 5.11 Å². The zero-order chi connectivity index (χ0) is 20.3. The summed E-state index contributed by atoms with van der Waals surface area (Å²) < 4.78 is 6.08. The molecular formula is C27H29NO2. The van der Waals surface area contributed by atoms with Gasteiger partial charge in [0.1, 0.15) is 11.5 Å². The van der Waals surface area contributed by atoms with Crippen molar-refractivity contribution in [3.05, 3.63) is 95.1 Å². The molecule has 0 aliphatic carbocycles. The molecule has 1 saturated heterocycles. The molecule has 2 heterocycles. The largest absolute Gasteiger partial charge is 0.508 e. The molecule has 0 saturated carbocycles. The van der Waals surface area contributed by atoms with E-state index in [1.54, 1.807) is 12.1 Å². The molecule has 1 N–H and O–H groups in total. The highest BCUT2D eigenvalue weighted by Crippen LogP contribution is 2.46. The van der Waals surface area contributed by atoms with Gasteiger partial charge < -0.3 is 14.7 Å². The third-order valence-corrected chi connectivity index (χ3v) is 6.63. The van der Waals surface area contributed by atoms with E-state index in [4.69, 9.17) is 4.74 Å². The fourth-order valence-corrected chi connectivity index (χ4v) is 4.98. The summed E-state index contributed by atoms with van der Waals surface area (Å²) in [7, 11) is 0. The summed E-state index contributed by atoms with van der Waals surface area (Å²) in [4.78, 5) is 2.57. The highest BCUT2D eigenvalue weighted by molar-refractivity contribution is 5.50. The molecule has 2 aliphatic rings. The molecule has 2 atom stereocenters. The summed E-state index contributed by atoms with van der Waals surface area (Å²) in [5, 5.41) is 9.93. The number of nitrogens with zero attached hydrogens (tertiary/aromatic N) is 1. The molecule has 0 spiro atoms. The summed E-state index contributed by atoms with van der Waals surface area (Å²) in [6.45, 7) is 4.28. The summed E-state index contributed by atoms with van der Waals surface area (Å²) in [6, 6.07) is 25.3. The molecule has 0 amide bonds. The van der Waals surface area contributed by atoms with Crippen LogP contribution in [0.4, 0.5) is 0 Å². The normalized spacial score (nSPS) is 21.2. The van der Waals surface area contributed by atoms with E-state index in [-0.39, 0.29) is 17.6 Å². The van der Waals surface area contributed by atoms with Crippen LogP contribution in [0.1, 0.15) is 46.9 Å². The van der Waals surface area contributed by atoms with Gasteiger partial charge in [-0.15, -0.1) is 0 Å². The lowest BCUT2D eigenvalue weighted by Crippen LogP contribution is -2.25. The number of phenolic OH excluding ortho intramolecular Hbond substituents is 1. The Kier molecular flexibility index (Phi) is 5.46. The third kappa shape index (κ3) is 3.95. The Morgan fingerprint density at radius 2 is 1.63 bits per heavy atom. The zero-order valence-electron chi connectivity index (χ0n) is 17.3. The van der Waals surface area contributed by atoms with Crippen LogP contribution in [0.25, 0.3) is 0 Å². The lowest BCUT2D eigenvalue weighted by Gasteiger charge is -2.34. The van der Waals surface area contributed by atoms with Gasteiger partial charge in [-0.25, -0.2) is 0 Å². The monoisotopic (exact) mass is 399 g/mol. The second kappa shape index (κ2) is 8.53. The molecule has 154 valence electrons. The smallest absolute Gasteiger partial charge is 0.126 e. The fourth-order valence-electron chi connectivity index (χ4n) is 4.98. The van der Waals surface area contributed by atoms with Crippen molar-refractivity contribution >= 4 is 0 Å². The van der Waals surface area contributed by atoms with Crippen LogP contribution in [0.15, 0.2) is 72.8 Å². The van der Waals surface area contributed by atoms with E-state index >= 15 is 0 Å². The topological polar surface area (TPSA) is 32.7 Å². The molecule has 3 heteroatoms. The Hall–Kier alpha value is -2.78. The van der Waals surface area contributed by atoms with Crippen molar-refractivity contribution in [3.63, 3.8) is 0 Å². The SMILES string of the molecule is Oc1ccc2c(c1)OCC(c1ccccc1)C2c1ccc(CCN2CCCC2)cc1. The van der Waals surface area contributed by atoms with Crippen molar-refractivity contribution in [2.24, 2.45) is 0 Å². The van der Waals surface area contributed by atoms with Crippen molar-refractivity contribution < 1.29 is 9.84 Å². The van der Waals surface area contributed by atoms with Gasteiger partial charge in [0.25, 0.3) is 0 Å². The number of phenols is 1. The molecule has 30 heavy (non-hydrogen) atoms. The Bertz CT molecular complexity index is 978. The van der Waals surface area contributed by atoms with E-state index in [1.165, 1.54) is 42.6 Å². The maximum absolute atomic E-state index is 9.93. The zero-order valence-corrected chi connectivity index (χ0v) is 17.3. The second-order valence-corrected chi connectivity index (χ2v) is 8.57. The number of likely N-dealkylation sites (tertiary alicyclic amines) is 1. The lowest BCUT2D eigenvalue weighted by molar-refractivity contribution is 0.248. The van der Waals surface area contributed by atoms with E-state index < -0.39 is 0 Å². The van der Waals surface area contributed by atoms with Gasteiger partial charge in [-0.05, 0) is 55.1 Å². The number of aromatic hydroxyl groups is 1. The fraction of sp³-hybridized carbons (Fsp3) is 0.333. The van der Waals surface area contributed by atoms with Crippen LogP contribution in [-0.4, -0.2) is 36.2 Å². The van der Waals surface area contributed by atoms with E-state index in [2.05, 4.69) is 59.5 Å². The molecule has 2 unspecified atom stereocenters. The van der Waals surface area contributed by atoms with Gasteiger partial charge in [-0.3, -0.25) is 0 Å². The summed E-state index contributed by atoms with van der Waals surface area (Å²) in [6.07, 6.45) is 3.80. The first-order chi connectivity index (χ1) is 14.8. The molecule has 1 fully saturated rings. The van der Waals surface area contributed by atoms with Crippen LogP contribution in [0.5, 0.6) is 11.5 Å². The molecule has 0 bridgehead atoms. The molecule has 5 rings (SSSR count). The minimum Gasteiger partial charge on any atom is -0.508 e. The standard InChI is InChI=1S/C27H29NO2/c29-23-12-13-24-26(18-23)30-19-25(21-6-2-1-3-7-21)27(24)22-10-8-20(9-11-22)14-17-28-15-4-5-16-28/h1-3,6-13,18,25,27,29H,4-5,14-17,19H2. The first-order valence-electron chi connectivity index (χ1n) is 11.1. The average molecular weight is 400 g/mol. The summed E-state index contributed by atoms with van der Waals surface area (Å²) in [5.41, 5.74) is 5.15. The van der Waals surface area contributed by atoms with Crippen molar-refractivity contribution in [2.45, 2.75) is 31.1 Å². The van der Waals surface area contributed by atoms with Crippen LogP contribution in [0.2, 0.25) is 0 Å². The predicted octanol–water partition coefficient (Wildman–Crippen LogP) is 5.34. The number of hydrogen-bond acceptors (Lipinski definition) is 3. The number of ether oxygens (including phenoxy) is 1. The maximum atomic E-state index is 9.93. The van der Waals surface area contributed by atoms with Gasteiger partial charge in [0, 0.05) is 30.0 Å². The summed E-state index contributed by atoms with van der Waals surface area (Å²) in [5.74, 6) is 1.51. The highest BCUT2D eigenvalue weighted by Gasteiger charge is 2.33. The second-order valence-electron chi connectivity index (χ2n) is 8.57. The Balaban J connectivity index is 1.44. The van der Waals surface area contributed by atoms with Gasteiger partial charge in [0.2, 0.25) is 0 Å². The number of fused-ring (bicyclic) bond motifs is 1. The first kappa shape index (κ1) is 19.2. The number of hydrogen-bond donors (Lipinski definition) is 1. The van der Waals surface area contributed by atoms with Crippen molar-refractivity contribution in [1.82, 2.24) is 4.90 Å². The molecule has 2 aliphatic heterocycles. The lowest BCUT2D eigenvalue weighted by atomic mass is 9.75. The van der Waals surface area contributed by atoms with Crippen LogP contribution >= 0.6 is 0 Å². The molecule has 0 aromatic heterocycles. The van der Waals surface area contributed by atoms with Crippen LogP contribution in [0.3, 0.4) is 0 Å². The molecule has 3 nitrogen and oxygen atoms in total. The van der Waals surface area contributed by atoms with E-state index in [0.29, 0.717) is 6.61 Å². The van der Waals surface area contributed by atoms with Gasteiger partial charge in [0.15, 0.2) is 0 Å². The van der Waals surface area contributed by atoms with Crippen molar-refractivity contribution in [3.8, 4) is 11.5 Å². The molecule has 3 aromatic rings. The van der Waals surface area contributed by atoms with Gasteiger partial charge in [-0.2, -0.15) is 0 Å². The van der Waals surface area contributed by atoms with Gasteiger partial charge in [-0.1, -0.05) is 60.7 Å². The van der Waals surface area contributed by atoms with E-state index in [1.807, 2.05) is 6.07 Å². The third-order valence-electron chi connectivity index (χ3n) is 6.63. The number of benzene rings is 3. The van der Waals surface area contributed by atoms with Crippen molar-refractivity contribution in [2.75, 3.05) is 26.2 Å². The Morgan fingerprint density at radius 1 is 0.867 bits per heavy atom. The minimum atomic E-state index is 0.212. The average Bonchev–Trinajstić information content (AvgIpc) is 3.31. The Morgan fingerprint density at radius 3 is 2.40 bits per heavy atom. The van der Waals surface area contributed by atoms with Crippen LogP contribution in [0, 0.1) is 0 Å². The van der Waals surface area contributed by atoms with Gasteiger partial charge >= 0.3 is 0 Å². The van der Waals surface area contributed by atoms with Crippen LogP contribution < -0.4 is 4.74 Å². The predicted molar refractivity (Wildman–Crippen MR) is 120 cm³/mol. The minimum absolute atomic E-state index is 0.212. The molecule has 0 radical (unpaired) electrons. The van der Waals surface area contributed by atoms with Crippen LogP contribution in [-0.2, 0) is 6.42 Å². The maximum Gasteiger partial charge on any atom is 0.126 e. The first-order valence-corrected chi connectivity index (χ1v) is 11.1. The molecular weight excluding hydrogens is 370 g/mol. The molecule has 3 aromatic carbocycles. The highest BCUT2D eigenvalue weighted by atomic mass is 16.5. The number of rotatable bonds is 5. The van der Waals surface area contributed by atoms with Gasteiger partial charge in [0.05, 0.1) is 6.61 Å². The van der Waals surface area contributed by atoms with E-state index in [0.717, 1.165) is 24.3 Å².